The predicted octanol–water partition coefficient (Wildman–Crippen LogP) is 0.161. The van der Waals surface area contributed by atoms with Gasteiger partial charge in [-0.05, 0) is 6.92 Å². The first-order valence-electron chi connectivity index (χ1n) is 6.03. The van der Waals surface area contributed by atoms with Crippen molar-refractivity contribution < 1.29 is 39.1 Å². The number of rotatable bonds is 2. The van der Waals surface area contributed by atoms with Crippen molar-refractivity contribution in [1.82, 2.24) is 12.9 Å². The van der Waals surface area contributed by atoms with Crippen LogP contribution in [0.2, 0.25) is 0 Å². The number of hydrogen-bond donors (Lipinski definition) is 1. The van der Waals surface area contributed by atoms with Crippen LogP contribution in [0, 0.1) is 13.8 Å². The highest BCUT2D eigenvalue weighted by molar-refractivity contribution is 7.88. The van der Waals surface area contributed by atoms with E-state index in [1.54, 1.807) is 31.7 Å². The molecule has 0 saturated carbocycles. The van der Waals surface area contributed by atoms with Gasteiger partial charge in [0.2, 0.25) is 0 Å². The Morgan fingerprint density at radius 1 is 1.12 bits per heavy atom. The third-order valence-electron chi connectivity index (χ3n) is 2.83. The lowest BCUT2D eigenvalue weighted by molar-refractivity contribution is -0.676. The van der Waals surface area contributed by atoms with Gasteiger partial charge < -0.3 is 0 Å². The van der Waals surface area contributed by atoms with E-state index >= 15 is 0 Å². The first kappa shape index (κ1) is 20.1. The molecule has 0 amide bonds. The highest BCUT2D eigenvalue weighted by Gasteiger charge is 2.44. The normalized spacial score (nSPS) is 12.6. The maximum atomic E-state index is 12.2. The minimum atomic E-state index is -5.84. The van der Waals surface area contributed by atoms with Gasteiger partial charge in [-0.1, -0.05) is 0 Å². The number of halogens is 3. The molecule has 24 heavy (non-hydrogen) atoms. The Kier molecular flexibility index (Phi) is 5.47. The van der Waals surface area contributed by atoms with Crippen LogP contribution >= 0.6 is 0 Å². The van der Waals surface area contributed by atoms with Crippen molar-refractivity contribution in [3.05, 3.63) is 36.4 Å². The van der Waals surface area contributed by atoms with E-state index in [1.165, 1.54) is 22.6 Å². The minimum Gasteiger partial charge on any atom is -0.279 e. The number of hydrogen-bond acceptors (Lipinski definition) is 5. The van der Waals surface area contributed by atoms with Gasteiger partial charge in [-0.3, -0.25) is 4.55 Å². The Labute approximate surface area is 135 Å². The summed E-state index contributed by atoms with van der Waals surface area (Å²) >= 11 is 0. The number of aryl methyl sites for hydroxylation is 2. The summed E-state index contributed by atoms with van der Waals surface area (Å²) in [6.07, 6.45) is 6.11. The van der Waals surface area contributed by atoms with Gasteiger partial charge in [0.15, 0.2) is 0 Å². The average Bonchev–Trinajstić information content (AvgIpc) is 2.96. The lowest BCUT2D eigenvalue weighted by atomic mass is 10.7. The molecule has 2 aromatic rings. The monoisotopic (exact) mass is 391 g/mol. The molecule has 0 bridgehead atoms. The van der Waals surface area contributed by atoms with Crippen LogP contribution in [0.25, 0.3) is 0 Å². The van der Waals surface area contributed by atoms with E-state index in [4.69, 9.17) is 13.0 Å². The van der Waals surface area contributed by atoms with Crippen LogP contribution in [0.1, 0.15) is 11.6 Å². The van der Waals surface area contributed by atoms with Crippen molar-refractivity contribution in [2.24, 2.45) is 7.05 Å². The Morgan fingerprint density at radius 2 is 1.62 bits per heavy atom. The molecule has 0 aliphatic carbocycles. The van der Waals surface area contributed by atoms with Crippen molar-refractivity contribution in [2.45, 2.75) is 19.4 Å². The lowest BCUT2D eigenvalue weighted by Crippen LogP contribution is -2.32. The number of aromatic nitrogens is 4. The Balaban J connectivity index is 0.000000307. The Morgan fingerprint density at radius 3 is 1.92 bits per heavy atom. The van der Waals surface area contributed by atoms with E-state index in [9.17, 15) is 21.6 Å². The van der Waals surface area contributed by atoms with Crippen LogP contribution in [-0.2, 0) is 27.4 Å². The van der Waals surface area contributed by atoms with E-state index in [0.29, 0.717) is 11.6 Å². The molecule has 0 radical (unpaired) electrons. The average molecular weight is 391 g/mol. The summed E-state index contributed by atoms with van der Waals surface area (Å²) in [7, 11) is -7.63. The van der Waals surface area contributed by atoms with Crippen LogP contribution in [0.4, 0.5) is 13.2 Å². The topological polar surface area (TPSA) is 115 Å². The van der Waals surface area contributed by atoms with Gasteiger partial charge >= 0.3 is 25.8 Å². The van der Waals surface area contributed by atoms with Crippen molar-refractivity contribution in [3.8, 4) is 0 Å². The fraction of sp³-hybridized carbons (Fsp3) is 0.400. The fourth-order valence-electron chi connectivity index (χ4n) is 1.48. The quantitative estimate of drug-likeness (QED) is 0.443. The van der Waals surface area contributed by atoms with Gasteiger partial charge in [0.1, 0.15) is 18.2 Å². The largest absolute Gasteiger partial charge is 0.522 e. The second kappa shape index (κ2) is 6.52. The van der Waals surface area contributed by atoms with E-state index in [-0.39, 0.29) is 0 Å². The minimum absolute atomic E-state index is 0.441. The van der Waals surface area contributed by atoms with Crippen LogP contribution in [0.3, 0.4) is 0 Å². The highest BCUT2D eigenvalue weighted by atomic mass is 32.2. The summed E-state index contributed by atoms with van der Waals surface area (Å²) < 4.78 is 86.1. The molecule has 14 heteroatoms. The Bertz CT molecular complexity index is 928. The summed E-state index contributed by atoms with van der Waals surface area (Å²) in [5.74, 6) is 1.07. The standard InChI is InChI=1S/C9H13N4O2S.CHF3O3S/c1-8-10-4-5-12(8)16(14,15)13-7-6-11(3)9(13)2;2-1(3,4)8(5,6)7/h4-7H,1-3H3;(H,5,6,7)/q+1;. The first-order chi connectivity index (χ1) is 10.7. The van der Waals surface area contributed by atoms with E-state index in [0.717, 1.165) is 3.97 Å². The number of imidazole rings is 2. The summed E-state index contributed by atoms with van der Waals surface area (Å²) in [6.45, 7) is 3.39. The molecular weight excluding hydrogens is 377 g/mol. The molecule has 0 unspecified atom stereocenters. The fourth-order valence-corrected chi connectivity index (χ4v) is 2.93. The molecular formula is C10H14F3N4O5S2+. The molecule has 9 nitrogen and oxygen atoms in total. The molecule has 0 atom stereocenters. The highest BCUT2D eigenvalue weighted by Crippen LogP contribution is 2.20. The molecule has 0 aliphatic heterocycles. The molecule has 0 aromatic carbocycles. The molecule has 1 N–H and O–H groups in total. The smallest absolute Gasteiger partial charge is 0.279 e. The third-order valence-corrected chi connectivity index (χ3v) is 5.18. The second-order valence-corrected chi connectivity index (χ2v) is 7.55. The zero-order valence-electron chi connectivity index (χ0n) is 12.6. The molecule has 2 rings (SSSR count). The zero-order chi connectivity index (χ0) is 18.9. The van der Waals surface area contributed by atoms with Crippen LogP contribution in [0.15, 0.2) is 24.8 Å². The van der Waals surface area contributed by atoms with Gasteiger partial charge in [-0.15, -0.1) is 3.97 Å². The Hall–Kier alpha value is -1.93. The van der Waals surface area contributed by atoms with E-state index < -0.39 is 25.8 Å². The predicted molar refractivity (Wildman–Crippen MR) is 74.6 cm³/mol. The lowest BCUT2D eigenvalue weighted by Gasteiger charge is -2.03. The van der Waals surface area contributed by atoms with Gasteiger partial charge in [0.25, 0.3) is 5.82 Å². The maximum Gasteiger partial charge on any atom is 0.522 e. The van der Waals surface area contributed by atoms with Gasteiger partial charge in [-0.25, -0.2) is 9.55 Å². The SMILES string of the molecule is Cc1nccn1S(=O)(=O)n1cc[n+](C)c1C.O=S(=O)(O)C(F)(F)F. The zero-order valence-corrected chi connectivity index (χ0v) is 14.3. The number of nitrogens with zero attached hydrogens (tertiary/aromatic N) is 4. The van der Waals surface area contributed by atoms with Crippen molar-refractivity contribution >= 4 is 20.3 Å². The summed E-state index contributed by atoms with van der Waals surface area (Å²) in [4.78, 5) is 3.91. The van der Waals surface area contributed by atoms with E-state index in [1.807, 2.05) is 0 Å². The molecule has 2 heterocycles. The van der Waals surface area contributed by atoms with Crippen molar-refractivity contribution in [1.29, 1.82) is 0 Å². The summed E-state index contributed by atoms with van der Waals surface area (Å²) in [6, 6.07) is 0. The third kappa shape index (κ3) is 4.12. The molecule has 0 spiro atoms. The molecule has 0 aliphatic rings. The molecule has 0 fully saturated rings. The van der Waals surface area contributed by atoms with Crippen LogP contribution in [0.5, 0.6) is 0 Å². The molecule has 136 valence electrons. The van der Waals surface area contributed by atoms with Gasteiger partial charge in [0, 0.05) is 19.3 Å². The maximum absolute atomic E-state index is 12.2. The van der Waals surface area contributed by atoms with Gasteiger partial charge in [0.05, 0.1) is 7.05 Å². The van der Waals surface area contributed by atoms with Gasteiger partial charge in [-0.2, -0.15) is 34.0 Å². The van der Waals surface area contributed by atoms with Crippen LogP contribution < -0.4 is 4.57 Å². The van der Waals surface area contributed by atoms with Crippen LogP contribution in [-0.4, -0.2) is 39.8 Å². The van der Waals surface area contributed by atoms with Crippen molar-refractivity contribution in [3.63, 3.8) is 0 Å². The van der Waals surface area contributed by atoms with Crippen molar-refractivity contribution in [2.75, 3.05) is 0 Å². The summed E-state index contributed by atoms with van der Waals surface area (Å²) in [5, 5.41) is 0. The second-order valence-electron chi connectivity index (χ2n) is 4.45. The van der Waals surface area contributed by atoms with E-state index in [2.05, 4.69) is 4.98 Å². The summed E-state index contributed by atoms with van der Waals surface area (Å²) in [5.41, 5.74) is -5.53. The molecule has 0 saturated heterocycles. The molecule has 2 aromatic heterocycles. The first-order valence-corrected chi connectivity index (χ1v) is 8.86. The number of alkyl halides is 3.